The highest BCUT2D eigenvalue weighted by atomic mass is 19.4. The maximum absolute atomic E-state index is 12.9. The van der Waals surface area contributed by atoms with Crippen molar-refractivity contribution < 1.29 is 27.5 Å². The second kappa shape index (κ2) is 11.7. The highest BCUT2D eigenvalue weighted by Crippen LogP contribution is 2.32. The van der Waals surface area contributed by atoms with Crippen LogP contribution in [-0.4, -0.2) is 74.2 Å². The molecule has 0 aliphatic carbocycles. The fourth-order valence-corrected chi connectivity index (χ4v) is 4.46. The number of hydrogen-bond acceptors (Lipinski definition) is 4. The van der Waals surface area contributed by atoms with Crippen LogP contribution in [0.4, 0.5) is 23.7 Å². The van der Waals surface area contributed by atoms with E-state index in [1.54, 1.807) is 4.90 Å². The lowest BCUT2D eigenvalue weighted by atomic mass is 9.81. The fourth-order valence-electron chi connectivity index (χ4n) is 4.46. The molecule has 0 aromatic heterocycles. The van der Waals surface area contributed by atoms with E-state index in [2.05, 4.69) is 15.5 Å². The number of alkyl halides is 3. The number of anilines is 1. The summed E-state index contributed by atoms with van der Waals surface area (Å²) in [5.74, 6) is 0.362. The Balaban J connectivity index is 1.45. The van der Waals surface area contributed by atoms with Crippen LogP contribution < -0.4 is 10.6 Å². The van der Waals surface area contributed by atoms with Gasteiger partial charge in [-0.25, -0.2) is 4.79 Å². The number of ether oxygens (including phenoxy) is 1. The second-order valence-electron chi connectivity index (χ2n) is 8.68. The molecule has 184 valence electrons. The van der Waals surface area contributed by atoms with Crippen molar-refractivity contribution >= 4 is 17.6 Å². The van der Waals surface area contributed by atoms with Gasteiger partial charge in [0.2, 0.25) is 5.91 Å². The van der Waals surface area contributed by atoms with E-state index < -0.39 is 17.8 Å². The number of nitrogens with zero attached hydrogens (tertiary/aromatic N) is 2. The molecule has 2 heterocycles. The number of hydrogen-bond donors (Lipinski definition) is 2. The first-order valence-electron chi connectivity index (χ1n) is 11.6. The average molecular weight is 471 g/mol. The molecule has 0 radical (unpaired) electrons. The Bertz CT molecular complexity index is 799. The molecule has 2 fully saturated rings. The number of piperidine rings is 1. The molecule has 2 N–H and O–H groups in total. The number of benzene rings is 1. The maximum Gasteiger partial charge on any atom is 0.416 e. The minimum atomic E-state index is -4.46. The number of rotatable bonds is 7. The van der Waals surface area contributed by atoms with Crippen LogP contribution in [0.3, 0.4) is 0 Å². The molecule has 2 aliphatic rings. The molecule has 3 amide bonds. The van der Waals surface area contributed by atoms with Gasteiger partial charge in [-0.1, -0.05) is 19.4 Å². The summed E-state index contributed by atoms with van der Waals surface area (Å²) in [5.41, 5.74) is -0.685. The summed E-state index contributed by atoms with van der Waals surface area (Å²) >= 11 is 0. The smallest absolute Gasteiger partial charge is 0.379 e. The van der Waals surface area contributed by atoms with Gasteiger partial charge in [0.25, 0.3) is 0 Å². The van der Waals surface area contributed by atoms with Gasteiger partial charge in [0, 0.05) is 51.4 Å². The van der Waals surface area contributed by atoms with E-state index in [1.165, 1.54) is 12.1 Å². The van der Waals surface area contributed by atoms with Gasteiger partial charge in [0.15, 0.2) is 0 Å². The number of carbonyl (C=O) groups is 2. The Hall–Kier alpha value is -2.33. The Morgan fingerprint density at radius 1 is 1.15 bits per heavy atom. The number of halogens is 3. The summed E-state index contributed by atoms with van der Waals surface area (Å²) in [4.78, 5) is 29.0. The van der Waals surface area contributed by atoms with Gasteiger partial charge in [-0.15, -0.1) is 0 Å². The molecular weight excluding hydrogens is 437 g/mol. The molecule has 2 aliphatic heterocycles. The predicted molar refractivity (Wildman–Crippen MR) is 119 cm³/mol. The van der Waals surface area contributed by atoms with Crippen LogP contribution in [0.1, 0.15) is 31.7 Å². The summed E-state index contributed by atoms with van der Waals surface area (Å²) < 4.78 is 44.1. The Labute approximate surface area is 192 Å². The molecular formula is C23H33F3N4O3. The van der Waals surface area contributed by atoms with Gasteiger partial charge in [0.1, 0.15) is 0 Å². The Kier molecular flexibility index (Phi) is 8.96. The van der Waals surface area contributed by atoms with Gasteiger partial charge in [0.05, 0.1) is 18.8 Å². The lowest BCUT2D eigenvalue weighted by Crippen LogP contribution is -2.46. The normalized spacial score (nSPS) is 22.1. The van der Waals surface area contributed by atoms with Crippen LogP contribution in [0.5, 0.6) is 0 Å². The monoisotopic (exact) mass is 470 g/mol. The van der Waals surface area contributed by atoms with Gasteiger partial charge >= 0.3 is 12.2 Å². The van der Waals surface area contributed by atoms with Crippen LogP contribution in [0.15, 0.2) is 24.3 Å². The first-order valence-corrected chi connectivity index (χ1v) is 11.6. The number of carbonyl (C=O) groups excluding carboxylic acids is 2. The summed E-state index contributed by atoms with van der Waals surface area (Å²) in [7, 11) is 0. The molecule has 3 rings (SSSR count). The molecule has 0 saturated carbocycles. The van der Waals surface area contributed by atoms with Crippen LogP contribution in [-0.2, 0) is 15.7 Å². The van der Waals surface area contributed by atoms with Crippen molar-refractivity contribution in [2.45, 2.75) is 32.4 Å². The molecule has 0 spiro atoms. The van der Waals surface area contributed by atoms with Crippen molar-refractivity contribution in [2.75, 3.05) is 57.8 Å². The van der Waals surface area contributed by atoms with Crippen LogP contribution in [0.25, 0.3) is 0 Å². The quantitative estimate of drug-likeness (QED) is 0.641. The van der Waals surface area contributed by atoms with E-state index >= 15 is 0 Å². The number of amides is 3. The topological polar surface area (TPSA) is 73.9 Å². The van der Waals surface area contributed by atoms with Crippen molar-refractivity contribution in [1.82, 2.24) is 15.1 Å². The zero-order valence-corrected chi connectivity index (χ0v) is 19.0. The third-order valence-electron chi connectivity index (χ3n) is 6.45. The van der Waals surface area contributed by atoms with Crippen molar-refractivity contribution in [3.63, 3.8) is 0 Å². The van der Waals surface area contributed by atoms with Crippen molar-refractivity contribution in [3.05, 3.63) is 29.8 Å². The third kappa shape index (κ3) is 7.60. The highest BCUT2D eigenvalue weighted by Gasteiger charge is 2.33. The van der Waals surface area contributed by atoms with Gasteiger partial charge in [-0.2, -0.15) is 13.2 Å². The number of nitrogens with one attached hydrogen (secondary N) is 2. The third-order valence-corrected chi connectivity index (χ3v) is 6.45. The molecule has 2 atom stereocenters. The largest absolute Gasteiger partial charge is 0.416 e. The van der Waals surface area contributed by atoms with Crippen LogP contribution >= 0.6 is 0 Å². The lowest BCUT2D eigenvalue weighted by Gasteiger charge is -2.38. The molecule has 0 bridgehead atoms. The van der Waals surface area contributed by atoms with E-state index in [1.807, 2.05) is 6.92 Å². The Morgan fingerprint density at radius 2 is 1.91 bits per heavy atom. The average Bonchev–Trinajstić information content (AvgIpc) is 2.79. The minimum Gasteiger partial charge on any atom is -0.379 e. The van der Waals surface area contributed by atoms with Crippen LogP contribution in [0, 0.1) is 11.8 Å². The molecule has 7 nitrogen and oxygen atoms in total. The lowest BCUT2D eigenvalue weighted by molar-refractivity contribution is -0.137. The van der Waals surface area contributed by atoms with E-state index in [4.69, 9.17) is 4.74 Å². The van der Waals surface area contributed by atoms with Crippen molar-refractivity contribution in [2.24, 2.45) is 11.8 Å². The Morgan fingerprint density at radius 3 is 2.61 bits per heavy atom. The SMILES string of the molecule is CC[C@H]1CN(C(=O)Nc2cccc(C(F)(F)F)c2)CC[C@H]1CC(=O)NCCN1CCOCC1. The van der Waals surface area contributed by atoms with E-state index in [0.29, 0.717) is 32.5 Å². The maximum atomic E-state index is 12.9. The summed E-state index contributed by atoms with van der Waals surface area (Å²) in [6.45, 7) is 7.61. The zero-order chi connectivity index (χ0) is 23.8. The zero-order valence-electron chi connectivity index (χ0n) is 19.0. The van der Waals surface area contributed by atoms with Crippen molar-refractivity contribution in [3.8, 4) is 0 Å². The van der Waals surface area contributed by atoms with Crippen molar-refractivity contribution in [1.29, 1.82) is 0 Å². The first kappa shape index (κ1) is 25.3. The number of morpholine rings is 1. The predicted octanol–water partition coefficient (Wildman–Crippen LogP) is 3.42. The standard InChI is InChI=1S/C23H33F3N4O3/c1-2-17-16-30(22(32)28-20-5-3-4-19(15-20)23(24,25)26)8-6-18(17)14-21(31)27-7-9-29-10-12-33-13-11-29/h3-5,15,17-18H,2,6-14,16H2,1H3,(H,27,31)(H,28,32)/t17-,18-/m0/s1. The molecule has 1 aromatic carbocycles. The van der Waals surface area contributed by atoms with Gasteiger partial charge < -0.3 is 20.3 Å². The van der Waals surface area contributed by atoms with Gasteiger partial charge in [-0.3, -0.25) is 9.69 Å². The van der Waals surface area contributed by atoms with Crippen LogP contribution in [0.2, 0.25) is 0 Å². The molecule has 1 aromatic rings. The summed E-state index contributed by atoms with van der Waals surface area (Å²) in [6.07, 6.45) is -2.54. The molecule has 0 unspecified atom stereocenters. The molecule has 10 heteroatoms. The molecule has 33 heavy (non-hydrogen) atoms. The number of likely N-dealkylation sites (tertiary alicyclic amines) is 1. The van der Waals surface area contributed by atoms with E-state index in [-0.39, 0.29) is 23.4 Å². The van der Waals surface area contributed by atoms with E-state index in [9.17, 15) is 22.8 Å². The first-order chi connectivity index (χ1) is 15.8. The highest BCUT2D eigenvalue weighted by molar-refractivity contribution is 5.89. The number of urea groups is 1. The molecule has 2 saturated heterocycles. The summed E-state index contributed by atoms with van der Waals surface area (Å²) in [6, 6.07) is 4.21. The minimum absolute atomic E-state index is 0.0218. The van der Waals surface area contributed by atoms with Gasteiger partial charge in [-0.05, 0) is 36.5 Å². The fraction of sp³-hybridized carbons (Fsp3) is 0.652. The van der Waals surface area contributed by atoms with E-state index in [0.717, 1.165) is 51.4 Å². The second-order valence-corrected chi connectivity index (χ2v) is 8.68. The summed E-state index contributed by atoms with van der Waals surface area (Å²) in [5, 5.41) is 5.58.